The van der Waals surface area contributed by atoms with Crippen molar-refractivity contribution in [2.45, 2.75) is 20.0 Å². The van der Waals surface area contributed by atoms with Crippen molar-refractivity contribution in [1.82, 2.24) is 0 Å². The van der Waals surface area contributed by atoms with E-state index < -0.39 is 17.7 Å². The Morgan fingerprint density at radius 3 is 2.64 bits per heavy atom. The summed E-state index contributed by atoms with van der Waals surface area (Å²) in [5, 5.41) is 9.19. The minimum Gasteiger partial charge on any atom is -0.385 e. The summed E-state index contributed by atoms with van der Waals surface area (Å²) >= 11 is 5.74. The summed E-state index contributed by atoms with van der Waals surface area (Å²) in [5.41, 5.74) is 0.391. The minimum absolute atomic E-state index is 0.0183. The van der Waals surface area contributed by atoms with Gasteiger partial charge in [0.15, 0.2) is 5.78 Å². The van der Waals surface area contributed by atoms with Crippen LogP contribution in [0.15, 0.2) is 12.1 Å². The van der Waals surface area contributed by atoms with E-state index in [1.54, 1.807) is 6.92 Å². The number of carbonyl (C=O) groups is 1. The second kappa shape index (κ2) is 4.07. The van der Waals surface area contributed by atoms with Crippen molar-refractivity contribution in [2.75, 3.05) is 0 Å². The third kappa shape index (κ3) is 2.11. The minimum atomic E-state index is -1.17. The summed E-state index contributed by atoms with van der Waals surface area (Å²) in [6, 6.07) is 2.42. The summed E-state index contributed by atoms with van der Waals surface area (Å²) in [4.78, 5) is 11.3. The van der Waals surface area contributed by atoms with Crippen LogP contribution in [0.3, 0.4) is 0 Å². The fourth-order valence-corrected chi connectivity index (χ4v) is 1.37. The van der Waals surface area contributed by atoms with E-state index in [1.165, 1.54) is 13.0 Å². The third-order valence-electron chi connectivity index (χ3n) is 1.89. The van der Waals surface area contributed by atoms with Crippen LogP contribution in [0.1, 0.15) is 22.8 Å². The van der Waals surface area contributed by atoms with Crippen molar-refractivity contribution in [3.8, 4) is 0 Å². The van der Waals surface area contributed by atoms with Gasteiger partial charge < -0.3 is 5.11 Å². The van der Waals surface area contributed by atoms with Gasteiger partial charge >= 0.3 is 0 Å². The SMILES string of the molecule is Cc1cc(Cl)c(C(=O)C(C)O)cc1F. The van der Waals surface area contributed by atoms with Gasteiger partial charge in [-0.05, 0) is 31.5 Å². The maximum Gasteiger partial charge on any atom is 0.192 e. The van der Waals surface area contributed by atoms with Gasteiger partial charge in [0.25, 0.3) is 0 Å². The molecule has 0 bridgehead atoms. The van der Waals surface area contributed by atoms with Gasteiger partial charge in [-0.1, -0.05) is 11.6 Å². The summed E-state index contributed by atoms with van der Waals surface area (Å²) in [7, 11) is 0. The van der Waals surface area contributed by atoms with E-state index in [2.05, 4.69) is 0 Å². The molecular formula is C10H10ClFO2. The zero-order valence-corrected chi connectivity index (χ0v) is 8.60. The van der Waals surface area contributed by atoms with Crippen LogP contribution in [0.5, 0.6) is 0 Å². The van der Waals surface area contributed by atoms with Crippen LogP contribution in [-0.4, -0.2) is 17.0 Å². The highest BCUT2D eigenvalue weighted by Crippen LogP contribution is 2.21. The zero-order chi connectivity index (χ0) is 10.9. The molecule has 0 amide bonds. The number of ketones is 1. The molecule has 0 fully saturated rings. The lowest BCUT2D eigenvalue weighted by Crippen LogP contribution is -2.16. The van der Waals surface area contributed by atoms with Gasteiger partial charge in [0.1, 0.15) is 11.9 Å². The van der Waals surface area contributed by atoms with E-state index in [9.17, 15) is 9.18 Å². The Hall–Kier alpha value is -0.930. The first-order valence-corrected chi connectivity index (χ1v) is 4.49. The first kappa shape index (κ1) is 11.1. The third-order valence-corrected chi connectivity index (χ3v) is 2.21. The average Bonchev–Trinajstić information content (AvgIpc) is 2.10. The Morgan fingerprint density at radius 1 is 1.57 bits per heavy atom. The van der Waals surface area contributed by atoms with Crippen LogP contribution in [0.4, 0.5) is 4.39 Å². The molecule has 76 valence electrons. The highest BCUT2D eigenvalue weighted by Gasteiger charge is 2.17. The van der Waals surface area contributed by atoms with Crippen LogP contribution in [-0.2, 0) is 0 Å². The second-order valence-electron chi connectivity index (χ2n) is 3.12. The molecule has 0 aliphatic rings. The van der Waals surface area contributed by atoms with Gasteiger partial charge in [0.05, 0.1) is 5.02 Å². The molecule has 1 aromatic rings. The Morgan fingerprint density at radius 2 is 2.14 bits per heavy atom. The molecule has 1 rings (SSSR count). The van der Waals surface area contributed by atoms with Crippen LogP contribution in [0.25, 0.3) is 0 Å². The predicted molar refractivity (Wildman–Crippen MR) is 52.2 cm³/mol. The fraction of sp³-hybridized carbons (Fsp3) is 0.300. The Balaban J connectivity index is 3.22. The van der Waals surface area contributed by atoms with Gasteiger partial charge in [-0.25, -0.2) is 4.39 Å². The van der Waals surface area contributed by atoms with E-state index in [4.69, 9.17) is 16.7 Å². The molecule has 0 radical (unpaired) electrons. The maximum atomic E-state index is 13.1. The molecule has 1 unspecified atom stereocenters. The molecule has 4 heteroatoms. The Labute approximate surface area is 86.3 Å². The quantitative estimate of drug-likeness (QED) is 0.771. The number of aliphatic hydroxyl groups excluding tert-OH is 1. The lowest BCUT2D eigenvalue weighted by molar-refractivity contribution is 0.0779. The molecule has 0 heterocycles. The van der Waals surface area contributed by atoms with Gasteiger partial charge in [0.2, 0.25) is 0 Å². The summed E-state index contributed by atoms with van der Waals surface area (Å²) in [5.74, 6) is -1.08. The molecule has 0 aliphatic heterocycles. The highest BCUT2D eigenvalue weighted by molar-refractivity contribution is 6.34. The molecule has 0 spiro atoms. The zero-order valence-electron chi connectivity index (χ0n) is 7.84. The van der Waals surface area contributed by atoms with E-state index in [1.807, 2.05) is 0 Å². The van der Waals surface area contributed by atoms with Gasteiger partial charge in [0, 0.05) is 5.56 Å². The van der Waals surface area contributed by atoms with Crippen molar-refractivity contribution >= 4 is 17.4 Å². The molecule has 2 nitrogen and oxygen atoms in total. The van der Waals surface area contributed by atoms with Crippen LogP contribution < -0.4 is 0 Å². The van der Waals surface area contributed by atoms with Crippen molar-refractivity contribution in [1.29, 1.82) is 0 Å². The fourth-order valence-electron chi connectivity index (χ4n) is 1.06. The number of benzene rings is 1. The average molecular weight is 217 g/mol. The number of aliphatic hydroxyl groups is 1. The van der Waals surface area contributed by atoms with Crippen LogP contribution in [0, 0.1) is 12.7 Å². The van der Waals surface area contributed by atoms with E-state index >= 15 is 0 Å². The lowest BCUT2D eigenvalue weighted by Gasteiger charge is -2.07. The normalized spacial score (nSPS) is 12.6. The molecule has 0 saturated carbocycles. The van der Waals surface area contributed by atoms with Crippen molar-refractivity contribution in [3.63, 3.8) is 0 Å². The molecule has 14 heavy (non-hydrogen) atoms. The standard InChI is InChI=1S/C10H10ClFO2/c1-5-3-8(11)7(4-9(5)12)10(14)6(2)13/h3-4,6,13H,1-2H3. The first-order chi connectivity index (χ1) is 6.43. The largest absolute Gasteiger partial charge is 0.385 e. The Bertz CT molecular complexity index is 375. The van der Waals surface area contributed by atoms with Gasteiger partial charge in [-0.3, -0.25) is 4.79 Å². The monoisotopic (exact) mass is 216 g/mol. The number of aryl methyl sites for hydroxylation is 1. The van der Waals surface area contributed by atoms with E-state index in [0.717, 1.165) is 6.07 Å². The molecular weight excluding hydrogens is 207 g/mol. The number of hydrogen-bond acceptors (Lipinski definition) is 2. The lowest BCUT2D eigenvalue weighted by atomic mass is 10.1. The summed E-state index contributed by atoms with van der Waals surface area (Å²) < 4.78 is 13.1. The summed E-state index contributed by atoms with van der Waals surface area (Å²) in [6.45, 7) is 2.87. The van der Waals surface area contributed by atoms with Gasteiger partial charge in [-0.2, -0.15) is 0 Å². The number of hydrogen-bond donors (Lipinski definition) is 1. The number of halogens is 2. The van der Waals surface area contributed by atoms with Crippen LogP contribution >= 0.6 is 11.6 Å². The first-order valence-electron chi connectivity index (χ1n) is 4.11. The highest BCUT2D eigenvalue weighted by atomic mass is 35.5. The molecule has 0 aliphatic carbocycles. The van der Waals surface area contributed by atoms with Crippen molar-refractivity contribution < 1.29 is 14.3 Å². The smallest absolute Gasteiger partial charge is 0.192 e. The predicted octanol–water partition coefficient (Wildman–Crippen LogP) is 2.35. The van der Waals surface area contributed by atoms with Crippen LogP contribution in [0.2, 0.25) is 5.02 Å². The number of Topliss-reactive ketones (excluding diaryl/α,β-unsaturated/α-hetero) is 1. The van der Waals surface area contributed by atoms with Crippen molar-refractivity contribution in [3.05, 3.63) is 34.1 Å². The summed E-state index contributed by atoms with van der Waals surface area (Å²) in [6.07, 6.45) is -1.17. The second-order valence-corrected chi connectivity index (χ2v) is 3.53. The molecule has 0 aromatic heterocycles. The number of rotatable bonds is 2. The van der Waals surface area contributed by atoms with Crippen molar-refractivity contribution in [2.24, 2.45) is 0 Å². The molecule has 0 saturated heterocycles. The molecule has 1 atom stereocenters. The topological polar surface area (TPSA) is 37.3 Å². The maximum absolute atomic E-state index is 13.1. The molecule has 1 N–H and O–H groups in total. The number of carbonyl (C=O) groups excluding carboxylic acids is 1. The van der Waals surface area contributed by atoms with Gasteiger partial charge in [-0.15, -0.1) is 0 Å². The molecule has 1 aromatic carbocycles. The van der Waals surface area contributed by atoms with E-state index in [0.29, 0.717) is 5.56 Å². The van der Waals surface area contributed by atoms with E-state index in [-0.39, 0.29) is 10.6 Å². The Kier molecular flexibility index (Phi) is 3.24.